The molecular formula is C43H53N5O6. The van der Waals surface area contributed by atoms with Crippen LogP contribution in [0.5, 0.6) is 5.75 Å². The fraction of sp³-hybridized carbons (Fsp3) is 0.395. The molecule has 1 aliphatic rings. The molecule has 0 bridgehead atoms. The minimum Gasteiger partial charge on any atom is -0.487 e. The molecule has 4 amide bonds. The first-order chi connectivity index (χ1) is 25.9. The molecule has 11 nitrogen and oxygen atoms in total. The van der Waals surface area contributed by atoms with Gasteiger partial charge in [-0.2, -0.15) is 0 Å². The number of β-amino-alcohol motifs (C(OH)–C–C–N with tert-alkyl or cyclic N) is 1. The lowest BCUT2D eigenvalue weighted by molar-refractivity contribution is -0.128. The molecule has 6 N–H and O–H groups in total. The largest absolute Gasteiger partial charge is 0.487 e. The highest BCUT2D eigenvalue weighted by atomic mass is 16.5. The average Bonchev–Trinajstić information content (AvgIpc) is 3.13. The van der Waals surface area contributed by atoms with Gasteiger partial charge in [-0.3, -0.25) is 24.1 Å². The van der Waals surface area contributed by atoms with E-state index < -0.39 is 42.3 Å². The van der Waals surface area contributed by atoms with Crippen LogP contribution in [0.25, 0.3) is 10.8 Å². The molecule has 4 aromatic carbocycles. The van der Waals surface area contributed by atoms with Gasteiger partial charge in [0.05, 0.1) is 24.1 Å². The van der Waals surface area contributed by atoms with Crippen LogP contribution in [-0.2, 0) is 27.4 Å². The van der Waals surface area contributed by atoms with Gasteiger partial charge in [-0.1, -0.05) is 97.4 Å². The number of nitrogens with zero attached hydrogens (tertiary/aromatic N) is 1. The fourth-order valence-electron chi connectivity index (χ4n) is 6.97. The number of ether oxygens (including phenoxy) is 1. The van der Waals surface area contributed by atoms with Gasteiger partial charge in [-0.25, -0.2) is 0 Å². The van der Waals surface area contributed by atoms with Crippen LogP contribution in [0.15, 0.2) is 97.1 Å². The number of amides is 4. The summed E-state index contributed by atoms with van der Waals surface area (Å²) in [6, 6.07) is 27.8. The molecule has 1 aliphatic heterocycles. The van der Waals surface area contributed by atoms with Gasteiger partial charge < -0.3 is 31.5 Å². The highest BCUT2D eigenvalue weighted by Gasteiger charge is 2.33. The molecule has 54 heavy (non-hydrogen) atoms. The predicted octanol–water partition coefficient (Wildman–Crippen LogP) is 4.64. The molecule has 0 spiro atoms. The Bertz CT molecular complexity index is 1880. The summed E-state index contributed by atoms with van der Waals surface area (Å²) in [6.07, 6.45) is 1.82. The number of fused-ring (bicyclic) bond motifs is 1. The van der Waals surface area contributed by atoms with E-state index in [4.69, 9.17) is 10.5 Å². The van der Waals surface area contributed by atoms with Crippen LogP contribution in [0, 0.1) is 0 Å². The molecule has 1 fully saturated rings. The maximum Gasteiger partial charge on any atom is 0.255 e. The second kappa shape index (κ2) is 18.7. The Kier molecular flexibility index (Phi) is 13.8. The van der Waals surface area contributed by atoms with Crippen molar-refractivity contribution < 1.29 is 29.0 Å². The molecule has 1 heterocycles. The van der Waals surface area contributed by atoms with Gasteiger partial charge in [0.2, 0.25) is 17.7 Å². The minimum absolute atomic E-state index is 0.0481. The van der Waals surface area contributed by atoms with E-state index in [1.165, 1.54) is 0 Å². The van der Waals surface area contributed by atoms with Crippen molar-refractivity contribution in [3.8, 4) is 5.75 Å². The molecule has 4 aromatic rings. The lowest BCUT2D eigenvalue weighted by Gasteiger charge is -2.38. The Labute approximate surface area is 317 Å². The SMILES string of the molecule is CC(C)(C)NC(=O)C[C@@H]1CCCCN1C[C@@H](O)[C@H](Cc1ccccc1)NC(=O)[C@H](CC(N)=O)NC(=O)c1ccc2ccccc2c1OCc1ccccc1. The molecule has 0 unspecified atom stereocenters. The topological polar surface area (TPSA) is 163 Å². The summed E-state index contributed by atoms with van der Waals surface area (Å²) in [6.45, 7) is 6.96. The summed E-state index contributed by atoms with van der Waals surface area (Å²) in [7, 11) is 0. The van der Waals surface area contributed by atoms with E-state index in [0.29, 0.717) is 18.7 Å². The minimum atomic E-state index is -1.34. The van der Waals surface area contributed by atoms with Crippen LogP contribution in [0.2, 0.25) is 0 Å². The van der Waals surface area contributed by atoms with Gasteiger partial charge in [0.15, 0.2) is 0 Å². The summed E-state index contributed by atoms with van der Waals surface area (Å²) in [5, 5.41) is 22.1. The molecule has 1 saturated heterocycles. The third-order valence-electron chi connectivity index (χ3n) is 9.57. The Morgan fingerprint density at radius 1 is 0.870 bits per heavy atom. The second-order valence-electron chi connectivity index (χ2n) is 15.2. The van der Waals surface area contributed by atoms with E-state index in [2.05, 4.69) is 20.9 Å². The van der Waals surface area contributed by atoms with Crippen molar-refractivity contribution in [2.24, 2.45) is 5.73 Å². The van der Waals surface area contributed by atoms with Crippen molar-refractivity contribution in [3.63, 3.8) is 0 Å². The van der Waals surface area contributed by atoms with Crippen LogP contribution in [0.4, 0.5) is 0 Å². The highest BCUT2D eigenvalue weighted by molar-refractivity contribution is 6.05. The number of nitrogens with one attached hydrogen (secondary N) is 3. The first-order valence-corrected chi connectivity index (χ1v) is 18.7. The number of nitrogens with two attached hydrogens (primary N) is 1. The van der Waals surface area contributed by atoms with Crippen LogP contribution >= 0.6 is 0 Å². The van der Waals surface area contributed by atoms with Crippen molar-refractivity contribution >= 4 is 34.4 Å². The molecule has 11 heteroatoms. The van der Waals surface area contributed by atoms with Gasteiger partial charge in [0.1, 0.15) is 18.4 Å². The van der Waals surface area contributed by atoms with E-state index in [1.807, 2.05) is 106 Å². The first-order valence-electron chi connectivity index (χ1n) is 18.7. The first kappa shape index (κ1) is 39.9. The Balaban J connectivity index is 1.36. The van der Waals surface area contributed by atoms with Crippen molar-refractivity contribution in [3.05, 3.63) is 114 Å². The number of rotatable bonds is 16. The maximum atomic E-state index is 14.1. The van der Waals surface area contributed by atoms with Crippen molar-refractivity contribution in [1.29, 1.82) is 0 Å². The van der Waals surface area contributed by atoms with E-state index >= 15 is 0 Å². The standard InChI is InChI=1S/C43H53N5O6/c1-43(2,3)47-39(51)25-32-19-12-13-23-48(32)27-37(49)35(24-29-14-6-4-7-15-29)45-42(53)36(26-38(44)50)46-41(52)34-22-21-31-18-10-11-20-33(31)40(34)54-28-30-16-8-5-9-17-30/h4-11,14-18,20-22,32,35-37,49H,12-13,19,23-28H2,1-3H3,(H2,44,50)(H,45,53)(H,46,52)(H,47,51)/t32-,35-,36-,37+/m0/s1. The molecule has 0 aromatic heterocycles. The third-order valence-corrected chi connectivity index (χ3v) is 9.57. The number of aliphatic hydroxyl groups excluding tert-OH is 1. The highest BCUT2D eigenvalue weighted by Crippen LogP contribution is 2.31. The molecular weight excluding hydrogens is 683 g/mol. The van der Waals surface area contributed by atoms with Gasteiger partial charge in [-0.15, -0.1) is 0 Å². The van der Waals surface area contributed by atoms with Crippen LogP contribution in [0.3, 0.4) is 0 Å². The number of hydrogen-bond donors (Lipinski definition) is 5. The summed E-state index contributed by atoms with van der Waals surface area (Å²) in [5.74, 6) is -1.76. The second-order valence-corrected chi connectivity index (χ2v) is 15.2. The number of likely N-dealkylation sites (tertiary alicyclic amines) is 1. The number of hydrogen-bond acceptors (Lipinski definition) is 7. The van der Waals surface area contributed by atoms with Crippen molar-refractivity contribution in [1.82, 2.24) is 20.9 Å². The van der Waals surface area contributed by atoms with Crippen LogP contribution in [-0.4, -0.2) is 76.5 Å². The summed E-state index contributed by atoms with van der Waals surface area (Å²) < 4.78 is 6.26. The maximum absolute atomic E-state index is 14.1. The molecule has 5 rings (SSSR count). The smallest absolute Gasteiger partial charge is 0.255 e. The molecule has 4 atom stereocenters. The average molecular weight is 736 g/mol. The lowest BCUT2D eigenvalue weighted by atomic mass is 9.95. The van der Waals surface area contributed by atoms with Crippen LogP contribution < -0.4 is 26.4 Å². The normalized spacial score (nSPS) is 16.5. The summed E-state index contributed by atoms with van der Waals surface area (Å²) in [5.41, 5.74) is 7.24. The van der Waals surface area contributed by atoms with Gasteiger partial charge in [0, 0.05) is 29.9 Å². The number of carbonyl (C=O) groups is 4. The molecule has 0 radical (unpaired) electrons. The van der Waals surface area contributed by atoms with Gasteiger partial charge >= 0.3 is 0 Å². The Morgan fingerprint density at radius 2 is 1.54 bits per heavy atom. The zero-order valence-electron chi connectivity index (χ0n) is 31.4. The van der Waals surface area contributed by atoms with E-state index in [0.717, 1.165) is 41.2 Å². The molecule has 0 saturated carbocycles. The van der Waals surface area contributed by atoms with E-state index in [9.17, 15) is 24.3 Å². The Morgan fingerprint density at radius 3 is 2.22 bits per heavy atom. The number of benzene rings is 4. The van der Waals surface area contributed by atoms with Crippen molar-refractivity contribution in [2.75, 3.05) is 13.1 Å². The third kappa shape index (κ3) is 11.6. The number of primary amides is 1. The fourth-order valence-corrected chi connectivity index (χ4v) is 6.97. The number of carbonyl (C=O) groups excluding carboxylic acids is 4. The predicted molar refractivity (Wildman–Crippen MR) is 210 cm³/mol. The number of piperidine rings is 1. The monoisotopic (exact) mass is 735 g/mol. The van der Waals surface area contributed by atoms with Gasteiger partial charge in [-0.05, 0) is 69.2 Å². The van der Waals surface area contributed by atoms with E-state index in [1.54, 1.807) is 12.1 Å². The summed E-state index contributed by atoms with van der Waals surface area (Å²) in [4.78, 5) is 55.3. The summed E-state index contributed by atoms with van der Waals surface area (Å²) >= 11 is 0. The van der Waals surface area contributed by atoms with Gasteiger partial charge in [0.25, 0.3) is 5.91 Å². The Hall–Kier alpha value is -5.26. The number of aliphatic hydroxyl groups is 1. The molecule has 286 valence electrons. The van der Waals surface area contributed by atoms with Crippen molar-refractivity contribution in [2.45, 2.75) is 95.7 Å². The zero-order chi connectivity index (χ0) is 38.7. The molecule has 0 aliphatic carbocycles. The lowest BCUT2D eigenvalue weighted by Crippen LogP contribution is -2.57. The van der Waals surface area contributed by atoms with E-state index in [-0.39, 0.29) is 42.6 Å². The van der Waals surface area contributed by atoms with Crippen LogP contribution in [0.1, 0.15) is 74.4 Å². The quantitative estimate of drug-likeness (QED) is 0.112. The zero-order valence-corrected chi connectivity index (χ0v) is 31.4.